The molecule has 0 saturated carbocycles. The van der Waals surface area contributed by atoms with Crippen LogP contribution in [0.4, 0.5) is 0 Å². The number of aliphatic carboxylic acids is 1. The molecule has 13 N–H and O–H groups in total. The van der Waals surface area contributed by atoms with E-state index in [0.29, 0.717) is 36.1 Å². The van der Waals surface area contributed by atoms with Crippen LogP contribution in [0, 0.1) is 11.8 Å². The number of phenolic OH excluding ortho intramolecular Hbond substituents is 1. The lowest BCUT2D eigenvalue weighted by atomic mass is 9.96. The maximum absolute atomic E-state index is 14.6. The van der Waals surface area contributed by atoms with E-state index in [1.165, 1.54) is 29.6 Å². The summed E-state index contributed by atoms with van der Waals surface area (Å²) < 4.78 is 0. The number of aromatic amines is 1. The monoisotopic (exact) mass is 1020 g/mol. The first-order valence-corrected chi connectivity index (χ1v) is 24.5. The van der Waals surface area contributed by atoms with Crippen molar-refractivity contribution in [3.05, 3.63) is 83.9 Å². The van der Waals surface area contributed by atoms with Gasteiger partial charge in [-0.1, -0.05) is 76.6 Å². The molecule has 1 aliphatic rings. The Morgan fingerprint density at radius 2 is 1.40 bits per heavy atom. The Balaban J connectivity index is 1.58. The highest BCUT2D eigenvalue weighted by Crippen LogP contribution is 2.21. The van der Waals surface area contributed by atoms with Gasteiger partial charge in [0.1, 0.15) is 48.0 Å². The molecule has 0 aliphatic carbocycles. The number of aromatic hydroxyl groups is 1. The molecule has 1 aromatic heterocycles. The van der Waals surface area contributed by atoms with Gasteiger partial charge in [0, 0.05) is 44.2 Å². The lowest BCUT2D eigenvalue weighted by Gasteiger charge is -2.32. The van der Waals surface area contributed by atoms with Crippen LogP contribution in [-0.4, -0.2) is 159 Å². The fraction of sp³-hybridized carbons (Fsp3) is 0.520. The summed E-state index contributed by atoms with van der Waals surface area (Å²) in [6, 6.07) is 6.25. The number of rotatable bonds is 28. The van der Waals surface area contributed by atoms with E-state index in [0.717, 1.165) is 0 Å². The largest absolute Gasteiger partial charge is 0.508 e. The number of nitrogens with one attached hydrogen (secondary N) is 7. The van der Waals surface area contributed by atoms with Crippen molar-refractivity contribution >= 4 is 53.3 Å². The molecule has 1 aliphatic heterocycles. The summed E-state index contributed by atoms with van der Waals surface area (Å²) in [5.41, 5.74) is 12.6. The third-order valence-electron chi connectivity index (χ3n) is 12.4. The Hall–Kier alpha value is -7.56. The number of likely N-dealkylation sites (tertiary alicyclic amines) is 1. The normalized spacial score (nSPS) is 16.2. The number of nitrogens with zero attached hydrogens (tertiary/aromatic N) is 4. The van der Waals surface area contributed by atoms with Crippen LogP contribution >= 0.6 is 0 Å². The maximum atomic E-state index is 14.6. The quantitative estimate of drug-likeness (QED) is 0.0247. The van der Waals surface area contributed by atoms with Gasteiger partial charge in [-0.2, -0.15) is 0 Å². The zero-order valence-electron chi connectivity index (χ0n) is 42.4. The number of phenols is 1. The van der Waals surface area contributed by atoms with Gasteiger partial charge in [0.05, 0.1) is 12.9 Å². The van der Waals surface area contributed by atoms with Crippen molar-refractivity contribution in [3.63, 3.8) is 0 Å². The molecular weight excluding hydrogens is 943 g/mol. The number of aromatic nitrogens is 2. The number of guanidine groups is 1. The number of H-pyrrole nitrogens is 1. The van der Waals surface area contributed by atoms with Gasteiger partial charge in [-0.15, -0.1) is 0 Å². The van der Waals surface area contributed by atoms with Crippen LogP contribution < -0.4 is 43.4 Å². The van der Waals surface area contributed by atoms with Crippen molar-refractivity contribution in [2.24, 2.45) is 28.3 Å². The molecule has 398 valence electrons. The lowest BCUT2D eigenvalue weighted by Crippen LogP contribution is -2.62. The highest BCUT2D eigenvalue weighted by molar-refractivity contribution is 5.98. The van der Waals surface area contributed by atoms with Gasteiger partial charge in [0.15, 0.2) is 5.96 Å². The smallest absolute Gasteiger partial charge is 0.326 e. The van der Waals surface area contributed by atoms with Crippen molar-refractivity contribution in [2.75, 3.05) is 33.7 Å². The number of carboxylic acid groups (broad SMARTS) is 1. The second-order valence-electron chi connectivity index (χ2n) is 19.0. The van der Waals surface area contributed by atoms with Crippen LogP contribution in [-0.2, 0) is 57.6 Å². The molecule has 0 bridgehead atoms. The second kappa shape index (κ2) is 28.5. The number of likely N-dealkylation sites (N-methyl/N-ethyl adjacent to an activating group) is 1. The molecule has 23 nitrogen and oxygen atoms in total. The fourth-order valence-corrected chi connectivity index (χ4v) is 8.28. The summed E-state index contributed by atoms with van der Waals surface area (Å²) in [4.78, 5) is 125. The number of imidazole rings is 1. The average molecular weight is 1020 g/mol. The summed E-state index contributed by atoms with van der Waals surface area (Å²) in [6.07, 6.45) is 4.20. The van der Waals surface area contributed by atoms with E-state index >= 15 is 0 Å². The highest BCUT2D eigenvalue weighted by Gasteiger charge is 2.41. The van der Waals surface area contributed by atoms with Crippen molar-refractivity contribution < 1.29 is 48.6 Å². The van der Waals surface area contributed by atoms with Crippen LogP contribution in [0.25, 0.3) is 0 Å². The topological polar surface area (TPSA) is 349 Å². The second-order valence-corrected chi connectivity index (χ2v) is 19.0. The number of amides is 7. The number of benzene rings is 2. The molecule has 4 rings (SSSR count). The van der Waals surface area contributed by atoms with E-state index in [1.54, 1.807) is 82.2 Å². The minimum absolute atomic E-state index is 0.0131. The highest BCUT2D eigenvalue weighted by atomic mass is 16.4. The lowest BCUT2D eigenvalue weighted by molar-refractivity contribution is -0.145. The summed E-state index contributed by atoms with van der Waals surface area (Å²) in [7, 11) is 3.39. The summed E-state index contributed by atoms with van der Waals surface area (Å²) >= 11 is 0. The summed E-state index contributed by atoms with van der Waals surface area (Å²) in [5, 5.41) is 36.5. The van der Waals surface area contributed by atoms with Crippen LogP contribution in [0.15, 0.2) is 72.1 Å². The molecule has 0 radical (unpaired) electrons. The van der Waals surface area contributed by atoms with Gasteiger partial charge in [0.25, 0.3) is 0 Å². The maximum Gasteiger partial charge on any atom is 0.326 e. The predicted molar refractivity (Wildman–Crippen MR) is 271 cm³/mol. The third kappa shape index (κ3) is 18.5. The van der Waals surface area contributed by atoms with Gasteiger partial charge >= 0.3 is 5.97 Å². The minimum atomic E-state index is -1.35. The van der Waals surface area contributed by atoms with Crippen LogP contribution in [0.3, 0.4) is 0 Å². The first kappa shape index (κ1) is 58.0. The van der Waals surface area contributed by atoms with E-state index in [4.69, 9.17) is 11.5 Å². The summed E-state index contributed by atoms with van der Waals surface area (Å²) in [5.74, 6) is -7.10. The zero-order valence-corrected chi connectivity index (χ0v) is 42.4. The van der Waals surface area contributed by atoms with E-state index in [-0.39, 0.29) is 63.4 Å². The van der Waals surface area contributed by atoms with Crippen molar-refractivity contribution in [3.8, 4) is 5.75 Å². The molecule has 3 aromatic rings. The number of carboxylic acids is 1. The van der Waals surface area contributed by atoms with Crippen LogP contribution in [0.5, 0.6) is 5.75 Å². The van der Waals surface area contributed by atoms with Gasteiger partial charge in [-0.3, -0.25) is 38.6 Å². The van der Waals surface area contributed by atoms with Crippen molar-refractivity contribution in [1.82, 2.24) is 51.7 Å². The molecule has 1 saturated heterocycles. The van der Waals surface area contributed by atoms with E-state index < -0.39 is 101 Å². The predicted octanol–water partition coefficient (Wildman–Crippen LogP) is -0.555. The fourth-order valence-electron chi connectivity index (χ4n) is 8.28. The number of carbonyl (C=O) groups is 8. The van der Waals surface area contributed by atoms with Gasteiger partial charge in [-0.05, 0) is 74.9 Å². The van der Waals surface area contributed by atoms with Crippen LogP contribution in [0.2, 0.25) is 0 Å². The molecule has 0 spiro atoms. The standard InChI is InChI=1S/C50H73N13O10/c1-7-30(4)42(47(70)58-37(25-33-26-53-28-55-33)48(71)63-22-12-16-39(63)45(68)59-38(49(72)73)24-31-13-9-8-10-14-31)61-44(67)36(23-32-17-19-34(64)20-18-32)57-46(69)41(29(2)3)60-43(66)35(15-11-21-54-50(51)52)56-40(65)27-62(5)6/h8-10,13-14,17-20,26,28-30,35-39,41-42,64H,7,11-12,15-16,21-25,27H2,1-6H3,(H,53,55)(H,56,65)(H,57,69)(H,58,70)(H,59,68)(H,60,66)(H,61,67)(H,72,73)(H4,51,52,54). The molecule has 8 unspecified atom stereocenters. The number of aliphatic imine (C=N–C) groups is 1. The number of carbonyl (C=O) groups excluding carboxylic acids is 7. The Morgan fingerprint density at radius 3 is 2.00 bits per heavy atom. The number of hydrogen-bond acceptors (Lipinski definition) is 12. The molecule has 2 heterocycles. The van der Waals surface area contributed by atoms with E-state index in [1.807, 2.05) is 6.92 Å². The molecule has 2 aromatic carbocycles. The Morgan fingerprint density at radius 1 is 0.781 bits per heavy atom. The Kier molecular flexibility index (Phi) is 22.6. The Labute approximate surface area is 425 Å². The number of hydrogen-bond donors (Lipinski definition) is 11. The minimum Gasteiger partial charge on any atom is -0.508 e. The van der Waals surface area contributed by atoms with Crippen molar-refractivity contribution in [1.29, 1.82) is 0 Å². The van der Waals surface area contributed by atoms with E-state index in [9.17, 15) is 48.6 Å². The Bertz CT molecular complexity index is 2340. The SMILES string of the molecule is CCC(C)C(NC(=O)C(Cc1ccc(O)cc1)NC(=O)C(NC(=O)C(CCCN=C(N)N)NC(=O)CN(C)C)C(C)C)C(=O)NC(Cc1cnc[nH]1)C(=O)N1CCCC1C(=O)NC(Cc1ccccc1)C(=O)O. The first-order chi connectivity index (χ1) is 34.7. The van der Waals surface area contributed by atoms with Gasteiger partial charge < -0.3 is 68.4 Å². The number of nitrogens with two attached hydrogens (primary N) is 2. The van der Waals surface area contributed by atoms with E-state index in [2.05, 4.69) is 46.9 Å². The van der Waals surface area contributed by atoms with Crippen molar-refractivity contribution in [2.45, 2.75) is 121 Å². The van der Waals surface area contributed by atoms with Gasteiger partial charge in [0.2, 0.25) is 41.4 Å². The molecule has 8 atom stereocenters. The molecule has 7 amide bonds. The first-order valence-electron chi connectivity index (χ1n) is 24.5. The molecule has 1 fully saturated rings. The average Bonchev–Trinajstić information content (AvgIpc) is 4.06. The van der Waals surface area contributed by atoms with Gasteiger partial charge in [-0.25, -0.2) is 9.78 Å². The third-order valence-corrected chi connectivity index (χ3v) is 12.4. The van der Waals surface area contributed by atoms with Crippen LogP contribution in [0.1, 0.15) is 76.6 Å². The zero-order chi connectivity index (χ0) is 53.8. The molecule has 23 heteroatoms. The molecular formula is C50H73N13O10. The summed E-state index contributed by atoms with van der Waals surface area (Å²) in [6.45, 7) is 7.24. The molecule has 73 heavy (non-hydrogen) atoms.